The van der Waals surface area contributed by atoms with Crippen molar-refractivity contribution in [2.24, 2.45) is 0 Å². The highest BCUT2D eigenvalue weighted by atomic mass is 16.3. The van der Waals surface area contributed by atoms with E-state index in [0.29, 0.717) is 11.4 Å². The summed E-state index contributed by atoms with van der Waals surface area (Å²) in [5.74, 6) is 0.409. The molecule has 0 saturated carbocycles. The van der Waals surface area contributed by atoms with Gasteiger partial charge in [-0.05, 0) is 19.4 Å². The quantitative estimate of drug-likeness (QED) is 0.716. The van der Waals surface area contributed by atoms with Gasteiger partial charge in [0, 0.05) is 5.56 Å². The van der Waals surface area contributed by atoms with Gasteiger partial charge in [-0.1, -0.05) is 29.3 Å². The summed E-state index contributed by atoms with van der Waals surface area (Å²) < 4.78 is 0. The summed E-state index contributed by atoms with van der Waals surface area (Å²) in [6.45, 7) is 4.00. The Balaban J connectivity index is 2.41. The maximum absolute atomic E-state index is 10.2. The van der Waals surface area contributed by atoms with E-state index >= 15 is 0 Å². The molecule has 1 atom stereocenters. The molecule has 0 aliphatic rings. The summed E-state index contributed by atoms with van der Waals surface area (Å²) in [6.07, 6.45) is 0.829. The standard InChI is InChI=1S/C12H15N3O/c1-7-3-8(2)5-9(4-7)11(16)10-6-14-15-12(10)13/h3-6,11,16H,1-2H3,(H3,13,14,15). The van der Waals surface area contributed by atoms with E-state index in [1.165, 1.54) is 0 Å². The van der Waals surface area contributed by atoms with Crippen LogP contribution in [0.3, 0.4) is 0 Å². The molecule has 0 aliphatic carbocycles. The molecule has 1 aromatic carbocycles. The zero-order valence-corrected chi connectivity index (χ0v) is 9.36. The third-order valence-electron chi connectivity index (χ3n) is 2.55. The van der Waals surface area contributed by atoms with Crippen LogP contribution >= 0.6 is 0 Å². The number of H-pyrrole nitrogens is 1. The normalized spacial score (nSPS) is 12.7. The average Bonchev–Trinajstić information content (AvgIpc) is 2.62. The molecule has 84 valence electrons. The lowest BCUT2D eigenvalue weighted by atomic mass is 9.99. The molecule has 4 heteroatoms. The lowest BCUT2D eigenvalue weighted by molar-refractivity contribution is 0.221. The second kappa shape index (κ2) is 3.98. The van der Waals surface area contributed by atoms with Crippen LogP contribution in [-0.4, -0.2) is 15.3 Å². The van der Waals surface area contributed by atoms with Crippen LogP contribution in [0.2, 0.25) is 0 Å². The Bertz CT molecular complexity index is 484. The minimum Gasteiger partial charge on any atom is -0.384 e. The summed E-state index contributed by atoms with van der Waals surface area (Å²) in [5, 5.41) is 16.6. The Morgan fingerprint density at radius 2 is 1.88 bits per heavy atom. The van der Waals surface area contributed by atoms with Gasteiger partial charge in [0.25, 0.3) is 0 Å². The van der Waals surface area contributed by atoms with Crippen LogP contribution in [0.5, 0.6) is 0 Å². The van der Waals surface area contributed by atoms with Gasteiger partial charge >= 0.3 is 0 Å². The first kappa shape index (κ1) is 10.7. The molecule has 2 rings (SSSR count). The van der Waals surface area contributed by atoms with Gasteiger partial charge in [0.05, 0.1) is 6.20 Å². The number of nitrogens with two attached hydrogens (primary N) is 1. The van der Waals surface area contributed by atoms with Crippen LogP contribution < -0.4 is 5.73 Å². The molecule has 0 fully saturated rings. The predicted octanol–water partition coefficient (Wildman–Crippen LogP) is 1.69. The fourth-order valence-corrected chi connectivity index (χ4v) is 1.87. The van der Waals surface area contributed by atoms with Crippen LogP contribution in [0.25, 0.3) is 0 Å². The van der Waals surface area contributed by atoms with Crippen LogP contribution in [0.1, 0.15) is 28.4 Å². The number of aliphatic hydroxyl groups excluding tert-OH is 1. The van der Waals surface area contributed by atoms with Gasteiger partial charge in [0.1, 0.15) is 11.9 Å². The number of nitrogens with one attached hydrogen (secondary N) is 1. The molecule has 4 nitrogen and oxygen atoms in total. The molecule has 4 N–H and O–H groups in total. The molecule has 1 heterocycles. The van der Waals surface area contributed by atoms with E-state index in [9.17, 15) is 5.11 Å². The molecular formula is C12H15N3O. The minimum absolute atomic E-state index is 0.409. The van der Waals surface area contributed by atoms with Gasteiger partial charge in [-0.2, -0.15) is 5.10 Å². The van der Waals surface area contributed by atoms with Crippen molar-refractivity contribution in [1.82, 2.24) is 10.2 Å². The van der Waals surface area contributed by atoms with Gasteiger partial charge < -0.3 is 10.8 Å². The Kier molecular flexibility index (Phi) is 2.66. The number of nitrogen functional groups attached to an aromatic ring is 1. The number of anilines is 1. The summed E-state index contributed by atoms with van der Waals surface area (Å²) in [5.41, 5.74) is 9.37. The monoisotopic (exact) mass is 217 g/mol. The van der Waals surface area contributed by atoms with E-state index in [4.69, 9.17) is 5.73 Å². The number of hydrogen-bond acceptors (Lipinski definition) is 3. The van der Waals surface area contributed by atoms with Crippen LogP contribution in [0, 0.1) is 13.8 Å². The molecule has 0 saturated heterocycles. The van der Waals surface area contributed by atoms with Gasteiger partial charge in [-0.15, -0.1) is 0 Å². The van der Waals surface area contributed by atoms with Gasteiger partial charge in [-0.3, -0.25) is 5.10 Å². The maximum Gasteiger partial charge on any atom is 0.125 e. The SMILES string of the molecule is Cc1cc(C)cc(C(O)c2cn[nH]c2N)c1. The third-order valence-corrected chi connectivity index (χ3v) is 2.55. The summed E-state index contributed by atoms with van der Waals surface area (Å²) in [6, 6.07) is 5.96. The fraction of sp³-hybridized carbons (Fsp3) is 0.250. The minimum atomic E-state index is -0.725. The van der Waals surface area contributed by atoms with E-state index in [0.717, 1.165) is 16.7 Å². The van der Waals surface area contributed by atoms with Crippen LogP contribution in [0.15, 0.2) is 24.4 Å². The van der Waals surface area contributed by atoms with Crippen molar-refractivity contribution in [2.45, 2.75) is 20.0 Å². The third kappa shape index (κ3) is 1.92. The largest absolute Gasteiger partial charge is 0.384 e. The molecule has 0 spiro atoms. The molecule has 16 heavy (non-hydrogen) atoms. The molecule has 1 unspecified atom stereocenters. The van der Waals surface area contributed by atoms with E-state index in [2.05, 4.69) is 16.3 Å². The Labute approximate surface area is 94.1 Å². The van der Waals surface area contributed by atoms with E-state index in [1.54, 1.807) is 6.20 Å². The van der Waals surface area contributed by atoms with E-state index < -0.39 is 6.10 Å². The van der Waals surface area contributed by atoms with Crippen molar-refractivity contribution < 1.29 is 5.11 Å². The summed E-state index contributed by atoms with van der Waals surface area (Å²) in [4.78, 5) is 0. The maximum atomic E-state index is 10.2. The number of aryl methyl sites for hydroxylation is 2. The van der Waals surface area contributed by atoms with Crippen molar-refractivity contribution in [3.05, 3.63) is 46.6 Å². The second-order valence-corrected chi connectivity index (χ2v) is 4.06. The number of aliphatic hydroxyl groups is 1. The van der Waals surface area contributed by atoms with Crippen molar-refractivity contribution in [2.75, 3.05) is 5.73 Å². The number of aromatic amines is 1. The first-order chi connectivity index (χ1) is 7.58. The Morgan fingerprint density at radius 1 is 1.25 bits per heavy atom. The van der Waals surface area contributed by atoms with Crippen molar-refractivity contribution in [3.63, 3.8) is 0 Å². The molecule has 0 amide bonds. The lowest BCUT2D eigenvalue weighted by Crippen LogP contribution is -2.02. The number of rotatable bonds is 2. The van der Waals surface area contributed by atoms with E-state index in [1.807, 2.05) is 26.0 Å². The summed E-state index contributed by atoms with van der Waals surface area (Å²) >= 11 is 0. The Morgan fingerprint density at radius 3 is 2.38 bits per heavy atom. The van der Waals surface area contributed by atoms with Crippen LogP contribution in [0.4, 0.5) is 5.82 Å². The number of nitrogens with zero attached hydrogens (tertiary/aromatic N) is 1. The highest BCUT2D eigenvalue weighted by Gasteiger charge is 2.15. The molecule has 0 aliphatic heterocycles. The molecule has 2 aromatic rings. The highest BCUT2D eigenvalue weighted by Crippen LogP contribution is 2.26. The molecule has 0 bridgehead atoms. The highest BCUT2D eigenvalue weighted by molar-refractivity contribution is 5.44. The van der Waals surface area contributed by atoms with Crippen molar-refractivity contribution in [3.8, 4) is 0 Å². The van der Waals surface area contributed by atoms with Crippen molar-refractivity contribution in [1.29, 1.82) is 0 Å². The molecule has 1 aromatic heterocycles. The van der Waals surface area contributed by atoms with Gasteiger partial charge in [0.15, 0.2) is 0 Å². The zero-order valence-electron chi connectivity index (χ0n) is 9.36. The van der Waals surface area contributed by atoms with Crippen LogP contribution in [-0.2, 0) is 0 Å². The molecular weight excluding hydrogens is 202 g/mol. The summed E-state index contributed by atoms with van der Waals surface area (Å²) in [7, 11) is 0. The second-order valence-electron chi connectivity index (χ2n) is 4.06. The first-order valence-corrected chi connectivity index (χ1v) is 5.13. The van der Waals surface area contributed by atoms with Crippen molar-refractivity contribution >= 4 is 5.82 Å². The number of hydrogen-bond donors (Lipinski definition) is 3. The van der Waals surface area contributed by atoms with Gasteiger partial charge in [0.2, 0.25) is 0 Å². The zero-order chi connectivity index (χ0) is 11.7. The Hall–Kier alpha value is -1.81. The van der Waals surface area contributed by atoms with Gasteiger partial charge in [-0.25, -0.2) is 0 Å². The fourth-order valence-electron chi connectivity index (χ4n) is 1.87. The number of benzene rings is 1. The number of aromatic nitrogens is 2. The predicted molar refractivity (Wildman–Crippen MR) is 63.0 cm³/mol. The van der Waals surface area contributed by atoms with E-state index in [-0.39, 0.29) is 0 Å². The average molecular weight is 217 g/mol. The first-order valence-electron chi connectivity index (χ1n) is 5.13. The lowest BCUT2D eigenvalue weighted by Gasteiger charge is -2.11. The topological polar surface area (TPSA) is 74.9 Å². The molecule has 0 radical (unpaired) electrons. The smallest absolute Gasteiger partial charge is 0.125 e.